The molecule has 0 saturated carbocycles. The lowest BCUT2D eigenvalue weighted by Gasteiger charge is -2.31. The summed E-state index contributed by atoms with van der Waals surface area (Å²) in [5.41, 5.74) is 1.31. The quantitative estimate of drug-likeness (QED) is 0.791. The Morgan fingerprint density at radius 3 is 2.65 bits per heavy atom. The van der Waals surface area contributed by atoms with Gasteiger partial charge in [-0.25, -0.2) is 4.98 Å². The Hall–Kier alpha value is -1.32. The fourth-order valence-corrected chi connectivity index (χ4v) is 2.55. The molecule has 1 atom stereocenters. The van der Waals surface area contributed by atoms with Gasteiger partial charge in [0.1, 0.15) is 0 Å². The number of nitrogens with zero attached hydrogens (tertiary/aromatic N) is 2. The van der Waals surface area contributed by atoms with Crippen LogP contribution in [0.3, 0.4) is 0 Å². The summed E-state index contributed by atoms with van der Waals surface area (Å²) in [5, 5.41) is 4.31. The van der Waals surface area contributed by atoms with Crippen molar-refractivity contribution in [3.05, 3.63) is 53.6 Å². The van der Waals surface area contributed by atoms with Crippen LogP contribution in [0.2, 0.25) is 5.02 Å². The number of nitrogens with one attached hydrogen (secondary N) is 1. The average Bonchev–Trinajstić information content (AvgIpc) is 2.92. The van der Waals surface area contributed by atoms with E-state index in [9.17, 15) is 0 Å². The van der Waals surface area contributed by atoms with Crippen molar-refractivity contribution in [2.75, 3.05) is 13.1 Å². The van der Waals surface area contributed by atoms with Crippen molar-refractivity contribution in [2.24, 2.45) is 0 Å². The third kappa shape index (κ3) is 3.84. The topological polar surface area (TPSA) is 29.9 Å². The second-order valence-corrected chi connectivity index (χ2v) is 5.92. The number of hydrogen-bond acceptors (Lipinski definition) is 2. The summed E-state index contributed by atoms with van der Waals surface area (Å²) in [5.74, 6) is 0. The highest BCUT2D eigenvalue weighted by atomic mass is 35.5. The fraction of sp³-hybridized carbons (Fsp3) is 0.438. The van der Waals surface area contributed by atoms with E-state index in [0.29, 0.717) is 0 Å². The minimum atomic E-state index is 0.0143. The van der Waals surface area contributed by atoms with Crippen LogP contribution in [-0.2, 0) is 12.0 Å². The van der Waals surface area contributed by atoms with Gasteiger partial charge in [-0.15, -0.1) is 0 Å². The molecule has 2 rings (SSSR count). The van der Waals surface area contributed by atoms with E-state index in [2.05, 4.69) is 40.8 Å². The third-order valence-electron chi connectivity index (χ3n) is 3.57. The lowest BCUT2D eigenvalue weighted by atomic mass is 9.82. The highest BCUT2D eigenvalue weighted by Gasteiger charge is 2.26. The molecule has 0 aliphatic rings. The molecule has 3 nitrogen and oxygen atoms in total. The molecule has 1 N–H and O–H groups in total. The summed E-state index contributed by atoms with van der Waals surface area (Å²) in [6.07, 6.45) is 6.84. The molecular formula is C16H22ClN3. The maximum atomic E-state index is 6.00. The van der Waals surface area contributed by atoms with E-state index in [0.717, 1.165) is 31.1 Å². The van der Waals surface area contributed by atoms with Crippen LogP contribution in [0.5, 0.6) is 0 Å². The largest absolute Gasteiger partial charge is 0.337 e. The van der Waals surface area contributed by atoms with E-state index in [1.54, 1.807) is 0 Å². The molecule has 1 unspecified atom stereocenters. The van der Waals surface area contributed by atoms with Crippen LogP contribution in [-0.4, -0.2) is 22.6 Å². The second kappa shape index (κ2) is 6.91. The van der Waals surface area contributed by atoms with Crippen molar-refractivity contribution < 1.29 is 0 Å². The molecule has 4 heteroatoms. The normalized spacial score (nSPS) is 14.2. The van der Waals surface area contributed by atoms with Crippen LogP contribution in [0.1, 0.15) is 25.8 Å². The number of halogens is 1. The maximum absolute atomic E-state index is 6.00. The molecule has 20 heavy (non-hydrogen) atoms. The van der Waals surface area contributed by atoms with Gasteiger partial charge in [0.2, 0.25) is 0 Å². The molecule has 0 aliphatic heterocycles. The molecule has 0 saturated heterocycles. The lowest BCUT2D eigenvalue weighted by Crippen LogP contribution is -2.39. The predicted molar refractivity (Wildman–Crippen MR) is 84.2 cm³/mol. The second-order valence-electron chi connectivity index (χ2n) is 5.48. The standard InChI is InChI=1S/C16H22ClN3/c1-3-8-18-11-16(2,12-20-10-9-19-13-20)14-4-6-15(17)7-5-14/h4-7,9-10,13,18H,3,8,11-12H2,1-2H3. The Balaban J connectivity index is 2.20. The van der Waals surface area contributed by atoms with E-state index in [1.807, 2.05) is 30.9 Å². The van der Waals surface area contributed by atoms with Gasteiger partial charge in [-0.3, -0.25) is 0 Å². The summed E-state index contributed by atoms with van der Waals surface area (Å²) in [4.78, 5) is 4.13. The minimum Gasteiger partial charge on any atom is -0.337 e. The van der Waals surface area contributed by atoms with Gasteiger partial charge in [0.05, 0.1) is 6.33 Å². The number of hydrogen-bond donors (Lipinski definition) is 1. The van der Waals surface area contributed by atoms with E-state index in [-0.39, 0.29) is 5.41 Å². The molecular weight excluding hydrogens is 270 g/mol. The summed E-state index contributed by atoms with van der Waals surface area (Å²) in [7, 11) is 0. The Bertz CT molecular complexity index is 507. The van der Waals surface area contributed by atoms with Crippen molar-refractivity contribution in [3.8, 4) is 0 Å². The monoisotopic (exact) mass is 291 g/mol. The Morgan fingerprint density at radius 2 is 2.05 bits per heavy atom. The summed E-state index contributed by atoms with van der Waals surface area (Å²) < 4.78 is 2.13. The zero-order valence-corrected chi connectivity index (χ0v) is 12.9. The first kappa shape index (κ1) is 15.1. The maximum Gasteiger partial charge on any atom is 0.0946 e. The molecule has 0 fully saturated rings. The van der Waals surface area contributed by atoms with Crippen LogP contribution in [0.15, 0.2) is 43.0 Å². The van der Waals surface area contributed by atoms with Gasteiger partial charge in [-0.1, -0.05) is 37.6 Å². The number of imidazole rings is 1. The van der Waals surface area contributed by atoms with Crippen molar-refractivity contribution in [3.63, 3.8) is 0 Å². The van der Waals surface area contributed by atoms with Gasteiger partial charge < -0.3 is 9.88 Å². The summed E-state index contributed by atoms with van der Waals surface area (Å²) >= 11 is 6.00. The zero-order valence-electron chi connectivity index (χ0n) is 12.1. The van der Waals surface area contributed by atoms with E-state index < -0.39 is 0 Å². The molecule has 0 amide bonds. The molecule has 0 bridgehead atoms. The molecule has 1 heterocycles. The van der Waals surface area contributed by atoms with Gasteiger partial charge >= 0.3 is 0 Å². The first-order valence-corrected chi connectivity index (χ1v) is 7.44. The van der Waals surface area contributed by atoms with E-state index in [4.69, 9.17) is 11.6 Å². The molecule has 0 spiro atoms. The lowest BCUT2D eigenvalue weighted by molar-refractivity contribution is 0.371. The highest BCUT2D eigenvalue weighted by molar-refractivity contribution is 6.30. The average molecular weight is 292 g/mol. The third-order valence-corrected chi connectivity index (χ3v) is 3.83. The summed E-state index contributed by atoms with van der Waals surface area (Å²) in [6.45, 7) is 7.32. The van der Waals surface area contributed by atoms with E-state index >= 15 is 0 Å². The van der Waals surface area contributed by atoms with Crippen LogP contribution in [0, 0.1) is 0 Å². The van der Waals surface area contributed by atoms with Crippen LogP contribution in [0.25, 0.3) is 0 Å². The summed E-state index contributed by atoms with van der Waals surface area (Å²) in [6, 6.07) is 8.16. The smallest absolute Gasteiger partial charge is 0.0946 e. The van der Waals surface area contributed by atoms with E-state index in [1.165, 1.54) is 5.56 Å². The molecule has 108 valence electrons. The molecule has 0 aliphatic carbocycles. The van der Waals surface area contributed by atoms with Gasteiger partial charge in [0.25, 0.3) is 0 Å². The first-order chi connectivity index (χ1) is 9.64. The van der Waals surface area contributed by atoms with Gasteiger partial charge in [-0.2, -0.15) is 0 Å². The van der Waals surface area contributed by atoms with Gasteiger partial charge in [-0.05, 0) is 30.7 Å². The number of rotatable bonds is 7. The van der Waals surface area contributed by atoms with Gasteiger partial charge in [0.15, 0.2) is 0 Å². The van der Waals surface area contributed by atoms with Crippen molar-refractivity contribution in [2.45, 2.75) is 32.2 Å². The Labute approximate surface area is 126 Å². The fourth-order valence-electron chi connectivity index (χ4n) is 2.43. The Morgan fingerprint density at radius 1 is 1.30 bits per heavy atom. The number of aromatic nitrogens is 2. The van der Waals surface area contributed by atoms with Crippen molar-refractivity contribution in [1.29, 1.82) is 0 Å². The van der Waals surface area contributed by atoms with Gasteiger partial charge in [0, 0.05) is 35.9 Å². The zero-order chi connectivity index (χ0) is 14.4. The number of benzene rings is 1. The molecule has 1 aromatic heterocycles. The van der Waals surface area contributed by atoms with Crippen molar-refractivity contribution in [1.82, 2.24) is 14.9 Å². The SMILES string of the molecule is CCCNCC(C)(Cn1ccnc1)c1ccc(Cl)cc1. The first-order valence-electron chi connectivity index (χ1n) is 7.06. The Kier molecular flexibility index (Phi) is 5.21. The minimum absolute atomic E-state index is 0.0143. The predicted octanol–water partition coefficient (Wildman–Crippen LogP) is 3.49. The molecule has 2 aromatic rings. The molecule has 1 aromatic carbocycles. The van der Waals surface area contributed by atoms with Crippen LogP contribution >= 0.6 is 11.6 Å². The van der Waals surface area contributed by atoms with Crippen molar-refractivity contribution >= 4 is 11.6 Å². The highest BCUT2D eigenvalue weighted by Crippen LogP contribution is 2.26. The van der Waals surface area contributed by atoms with Crippen LogP contribution in [0.4, 0.5) is 0 Å². The molecule has 0 radical (unpaired) electrons. The van der Waals surface area contributed by atoms with Crippen LogP contribution < -0.4 is 5.32 Å².